The molecule has 28 heavy (non-hydrogen) atoms. The maximum absolute atomic E-state index is 12.3. The zero-order valence-corrected chi connectivity index (χ0v) is 15.6. The van der Waals surface area contributed by atoms with Crippen LogP contribution in [0.4, 0.5) is 11.4 Å². The molecule has 0 radical (unpaired) electrons. The number of rotatable bonds is 8. The predicted molar refractivity (Wildman–Crippen MR) is 100 cm³/mol. The van der Waals surface area contributed by atoms with Crippen LogP contribution in [-0.2, 0) is 14.3 Å². The minimum absolute atomic E-state index is 0.113. The van der Waals surface area contributed by atoms with E-state index in [9.17, 15) is 19.7 Å². The van der Waals surface area contributed by atoms with Crippen molar-refractivity contribution < 1.29 is 28.7 Å². The van der Waals surface area contributed by atoms with Crippen LogP contribution in [0.15, 0.2) is 48.5 Å². The fraction of sp³-hybridized carbons (Fsp3) is 0.263. The molecule has 0 spiro atoms. The average molecular weight is 388 g/mol. The first kappa shape index (κ1) is 20.7. The molecule has 9 heteroatoms. The van der Waals surface area contributed by atoms with E-state index in [0.29, 0.717) is 5.75 Å². The number of nitrogens with one attached hydrogen (secondary N) is 1. The fourth-order valence-corrected chi connectivity index (χ4v) is 2.21. The second kappa shape index (κ2) is 9.36. The zero-order chi connectivity index (χ0) is 20.7. The molecule has 0 fully saturated rings. The number of ether oxygens (including phenoxy) is 3. The summed E-state index contributed by atoms with van der Waals surface area (Å²) in [4.78, 5) is 34.7. The second-order valence-corrected chi connectivity index (χ2v) is 5.78. The number of amides is 1. The van der Waals surface area contributed by atoms with Crippen LogP contribution in [0.5, 0.6) is 11.5 Å². The molecular formula is C19H20N2O7. The SMILES string of the molecule is COc1cc([N+](=O)[O-])ccc1NC(=O)[C@H](C)OC(=O)[C@@H](C)Oc1ccccc1. The highest BCUT2D eigenvalue weighted by Crippen LogP contribution is 2.29. The van der Waals surface area contributed by atoms with Crippen molar-refractivity contribution in [3.63, 3.8) is 0 Å². The minimum Gasteiger partial charge on any atom is -0.494 e. The smallest absolute Gasteiger partial charge is 0.347 e. The van der Waals surface area contributed by atoms with Crippen LogP contribution in [0.25, 0.3) is 0 Å². The van der Waals surface area contributed by atoms with Crippen molar-refractivity contribution in [3.05, 3.63) is 58.6 Å². The molecule has 0 aliphatic carbocycles. The summed E-state index contributed by atoms with van der Waals surface area (Å²) in [7, 11) is 1.32. The second-order valence-electron chi connectivity index (χ2n) is 5.78. The number of nitrogens with zero attached hydrogens (tertiary/aromatic N) is 1. The van der Waals surface area contributed by atoms with Gasteiger partial charge in [0.25, 0.3) is 11.6 Å². The zero-order valence-electron chi connectivity index (χ0n) is 15.6. The number of carbonyl (C=O) groups is 2. The number of carbonyl (C=O) groups excluding carboxylic acids is 2. The van der Waals surface area contributed by atoms with Crippen molar-refractivity contribution in [3.8, 4) is 11.5 Å². The molecule has 0 heterocycles. The number of non-ortho nitro benzene ring substituents is 1. The predicted octanol–water partition coefficient (Wildman–Crippen LogP) is 2.94. The Kier molecular flexibility index (Phi) is 6.91. The lowest BCUT2D eigenvalue weighted by Crippen LogP contribution is -2.35. The van der Waals surface area contributed by atoms with Crippen molar-refractivity contribution in [2.75, 3.05) is 12.4 Å². The molecular weight excluding hydrogens is 368 g/mol. The Labute approximate surface area is 161 Å². The van der Waals surface area contributed by atoms with Gasteiger partial charge in [-0.05, 0) is 32.0 Å². The Morgan fingerprint density at radius 1 is 1.07 bits per heavy atom. The Bertz CT molecular complexity index is 855. The third-order valence-corrected chi connectivity index (χ3v) is 3.70. The molecule has 0 bridgehead atoms. The number of para-hydroxylation sites is 1. The third-order valence-electron chi connectivity index (χ3n) is 3.70. The van der Waals surface area contributed by atoms with Gasteiger partial charge in [0, 0.05) is 6.07 Å². The van der Waals surface area contributed by atoms with E-state index >= 15 is 0 Å². The molecule has 2 aromatic carbocycles. The quantitative estimate of drug-likeness (QED) is 0.420. The van der Waals surface area contributed by atoms with Crippen molar-refractivity contribution in [1.82, 2.24) is 0 Å². The molecule has 148 valence electrons. The molecule has 1 N–H and O–H groups in total. The topological polar surface area (TPSA) is 117 Å². The Morgan fingerprint density at radius 3 is 2.36 bits per heavy atom. The molecule has 0 aliphatic rings. The van der Waals surface area contributed by atoms with Crippen molar-refractivity contribution in [1.29, 1.82) is 0 Å². The van der Waals surface area contributed by atoms with Crippen LogP contribution >= 0.6 is 0 Å². The maximum atomic E-state index is 12.3. The number of nitro groups is 1. The minimum atomic E-state index is -1.12. The molecule has 2 aromatic rings. The molecule has 0 unspecified atom stereocenters. The van der Waals surface area contributed by atoms with Crippen LogP contribution < -0.4 is 14.8 Å². The standard InChI is InChI=1S/C19H20N2O7/c1-12(28-19(23)13(2)27-15-7-5-4-6-8-15)18(22)20-16-10-9-14(21(24)25)11-17(16)26-3/h4-13H,1-3H3,(H,20,22)/t12-,13+/m0/s1. The van der Waals surface area contributed by atoms with E-state index in [1.54, 1.807) is 24.3 Å². The average Bonchev–Trinajstić information content (AvgIpc) is 2.68. The monoisotopic (exact) mass is 388 g/mol. The van der Waals surface area contributed by atoms with E-state index in [-0.39, 0.29) is 17.1 Å². The number of anilines is 1. The van der Waals surface area contributed by atoms with Crippen LogP contribution in [-0.4, -0.2) is 36.1 Å². The summed E-state index contributed by atoms with van der Waals surface area (Å²) in [5.41, 5.74) is 0.0378. The Hall–Kier alpha value is -3.62. The largest absolute Gasteiger partial charge is 0.494 e. The molecule has 0 aliphatic heterocycles. The highest BCUT2D eigenvalue weighted by atomic mass is 16.6. The molecule has 1 amide bonds. The lowest BCUT2D eigenvalue weighted by molar-refractivity contribution is -0.384. The fourth-order valence-electron chi connectivity index (χ4n) is 2.21. The van der Waals surface area contributed by atoms with E-state index < -0.39 is 29.0 Å². The number of nitro benzene ring substituents is 1. The summed E-state index contributed by atoms with van der Waals surface area (Å²) in [6.45, 7) is 2.92. The van der Waals surface area contributed by atoms with Crippen LogP contribution in [0.2, 0.25) is 0 Å². The first-order chi connectivity index (χ1) is 13.3. The molecule has 2 atom stereocenters. The number of benzene rings is 2. The van der Waals surface area contributed by atoms with Gasteiger partial charge in [-0.1, -0.05) is 18.2 Å². The molecule has 9 nitrogen and oxygen atoms in total. The van der Waals surface area contributed by atoms with Gasteiger partial charge in [0.15, 0.2) is 12.2 Å². The van der Waals surface area contributed by atoms with Gasteiger partial charge in [0.2, 0.25) is 0 Å². The van der Waals surface area contributed by atoms with E-state index in [1.807, 2.05) is 6.07 Å². The highest BCUT2D eigenvalue weighted by molar-refractivity contribution is 5.96. The van der Waals surface area contributed by atoms with Gasteiger partial charge in [-0.3, -0.25) is 14.9 Å². The molecule has 0 aromatic heterocycles. The summed E-state index contributed by atoms with van der Waals surface area (Å²) < 4.78 is 15.6. The number of hydrogen-bond donors (Lipinski definition) is 1. The summed E-state index contributed by atoms with van der Waals surface area (Å²) >= 11 is 0. The van der Waals surface area contributed by atoms with E-state index in [1.165, 1.54) is 39.2 Å². The number of esters is 1. The summed E-state index contributed by atoms with van der Waals surface area (Å²) in [5, 5.41) is 13.3. The number of methoxy groups -OCH3 is 1. The van der Waals surface area contributed by atoms with Gasteiger partial charge in [0.1, 0.15) is 11.5 Å². The van der Waals surface area contributed by atoms with Gasteiger partial charge in [-0.2, -0.15) is 0 Å². The van der Waals surface area contributed by atoms with Crippen molar-refractivity contribution in [2.24, 2.45) is 0 Å². The van der Waals surface area contributed by atoms with Gasteiger partial charge in [-0.25, -0.2) is 4.79 Å². The van der Waals surface area contributed by atoms with Crippen LogP contribution in [0.1, 0.15) is 13.8 Å². The molecule has 0 saturated heterocycles. The van der Waals surface area contributed by atoms with Crippen LogP contribution in [0, 0.1) is 10.1 Å². The van der Waals surface area contributed by atoms with Gasteiger partial charge in [-0.15, -0.1) is 0 Å². The molecule has 0 saturated carbocycles. The van der Waals surface area contributed by atoms with Crippen molar-refractivity contribution >= 4 is 23.3 Å². The summed E-state index contributed by atoms with van der Waals surface area (Å²) in [5.74, 6) is -0.712. The van der Waals surface area contributed by atoms with Gasteiger partial charge in [0.05, 0.1) is 23.8 Å². The lowest BCUT2D eigenvalue weighted by Gasteiger charge is -2.18. The lowest BCUT2D eigenvalue weighted by atomic mass is 10.2. The van der Waals surface area contributed by atoms with Gasteiger partial charge < -0.3 is 19.5 Å². The Balaban J connectivity index is 1.97. The summed E-state index contributed by atoms with van der Waals surface area (Å²) in [6.07, 6.45) is -2.03. The van der Waals surface area contributed by atoms with Gasteiger partial charge >= 0.3 is 5.97 Å². The first-order valence-corrected chi connectivity index (χ1v) is 8.37. The van der Waals surface area contributed by atoms with E-state index in [2.05, 4.69) is 5.32 Å². The first-order valence-electron chi connectivity index (χ1n) is 8.37. The maximum Gasteiger partial charge on any atom is 0.347 e. The van der Waals surface area contributed by atoms with Crippen LogP contribution in [0.3, 0.4) is 0 Å². The summed E-state index contributed by atoms with van der Waals surface area (Å²) in [6, 6.07) is 12.5. The van der Waals surface area contributed by atoms with Crippen molar-refractivity contribution in [2.45, 2.75) is 26.1 Å². The highest BCUT2D eigenvalue weighted by Gasteiger charge is 2.24. The molecule has 2 rings (SSSR count). The van der Waals surface area contributed by atoms with E-state index in [0.717, 1.165) is 0 Å². The van der Waals surface area contributed by atoms with E-state index in [4.69, 9.17) is 14.2 Å². The third kappa shape index (κ3) is 5.44. The number of hydrogen-bond acceptors (Lipinski definition) is 7. The Morgan fingerprint density at radius 2 is 1.75 bits per heavy atom. The normalized spacial score (nSPS) is 12.4.